The minimum atomic E-state index is -0.131. The average molecular weight is 446 g/mol. The first kappa shape index (κ1) is 24.5. The molecule has 1 saturated heterocycles. The molecular weight excluding hydrogens is 406 g/mol. The van der Waals surface area contributed by atoms with Gasteiger partial charge in [-0.3, -0.25) is 15.6 Å². The normalized spacial score (nSPS) is 24.2. The van der Waals surface area contributed by atoms with Crippen molar-refractivity contribution < 1.29 is 9.47 Å². The number of aromatic nitrogens is 2. The topological polar surface area (TPSA) is 80.7 Å². The third kappa shape index (κ3) is 7.76. The van der Waals surface area contributed by atoms with Crippen molar-refractivity contribution in [2.45, 2.75) is 76.2 Å². The van der Waals surface area contributed by atoms with E-state index in [2.05, 4.69) is 41.4 Å². The molecule has 3 rings (SSSR count). The smallest absolute Gasteiger partial charge is 0.266 e. The Labute approximate surface area is 191 Å². The fraction of sp³-hybridized carbons (Fsp3) is 0.667. The van der Waals surface area contributed by atoms with Gasteiger partial charge in [0.2, 0.25) is 5.88 Å². The van der Waals surface area contributed by atoms with Gasteiger partial charge < -0.3 is 14.4 Å². The van der Waals surface area contributed by atoms with E-state index in [0.29, 0.717) is 18.0 Å². The number of likely N-dealkylation sites (tertiary alicyclic amines) is 1. The largest absolute Gasteiger partial charge is 0.495 e. The summed E-state index contributed by atoms with van der Waals surface area (Å²) in [7, 11) is 3.80. The molecular formula is C24H39N5O3. The number of hydrogen-bond acceptors (Lipinski definition) is 7. The van der Waals surface area contributed by atoms with Crippen molar-refractivity contribution in [2.75, 3.05) is 20.1 Å². The number of aryl methyl sites for hydroxylation is 1. The molecule has 2 N–H and O–H groups in total. The highest BCUT2D eigenvalue weighted by Crippen LogP contribution is 2.23. The number of nitrogens with zero attached hydrogens (tertiary/aromatic N) is 3. The first-order valence-electron chi connectivity index (χ1n) is 11.8. The summed E-state index contributed by atoms with van der Waals surface area (Å²) in [6.07, 6.45) is 11.2. The molecule has 0 radical (unpaired) electrons. The number of allylic oxidation sites excluding steroid dienone is 2. The lowest BCUT2D eigenvalue weighted by molar-refractivity contribution is 0.0515. The minimum absolute atomic E-state index is 0.131. The number of piperidine rings is 1. The van der Waals surface area contributed by atoms with Crippen molar-refractivity contribution in [2.24, 2.45) is 7.05 Å². The number of hydrogen-bond donors (Lipinski definition) is 2. The lowest BCUT2D eigenvalue weighted by Crippen LogP contribution is -2.48. The molecule has 0 spiro atoms. The molecule has 2 heterocycles. The van der Waals surface area contributed by atoms with Gasteiger partial charge in [0.05, 0.1) is 5.76 Å². The summed E-state index contributed by atoms with van der Waals surface area (Å²) in [5, 5.41) is 4.16. The minimum Gasteiger partial charge on any atom is -0.495 e. The second-order valence-electron chi connectivity index (χ2n) is 9.11. The van der Waals surface area contributed by atoms with Crippen molar-refractivity contribution in [3.63, 3.8) is 0 Å². The van der Waals surface area contributed by atoms with Gasteiger partial charge in [-0.15, -0.1) is 5.10 Å². The first-order valence-corrected chi connectivity index (χ1v) is 11.8. The van der Waals surface area contributed by atoms with Crippen LogP contribution in [0.4, 0.5) is 0 Å². The molecule has 1 unspecified atom stereocenters. The summed E-state index contributed by atoms with van der Waals surface area (Å²) in [6, 6.07) is 3.80. The van der Waals surface area contributed by atoms with Crippen LogP contribution in [0.3, 0.4) is 0 Å². The molecule has 0 aromatic carbocycles. The first-order chi connectivity index (χ1) is 15.4. The Morgan fingerprint density at radius 3 is 2.56 bits per heavy atom. The van der Waals surface area contributed by atoms with Crippen LogP contribution in [0.15, 0.2) is 41.4 Å². The van der Waals surface area contributed by atoms with Crippen LogP contribution < -0.4 is 21.1 Å². The van der Waals surface area contributed by atoms with Crippen molar-refractivity contribution in [1.29, 1.82) is 0 Å². The summed E-state index contributed by atoms with van der Waals surface area (Å²) in [5.41, 5.74) is 6.83. The van der Waals surface area contributed by atoms with E-state index in [1.807, 2.05) is 12.2 Å². The summed E-state index contributed by atoms with van der Waals surface area (Å²) in [4.78, 5) is 13.8. The van der Waals surface area contributed by atoms with Crippen LogP contribution in [-0.2, 0) is 11.8 Å². The van der Waals surface area contributed by atoms with Gasteiger partial charge in [0.1, 0.15) is 12.2 Å². The van der Waals surface area contributed by atoms with E-state index in [9.17, 15) is 4.79 Å². The molecule has 178 valence electrons. The Bertz CT molecular complexity index is 808. The lowest BCUT2D eigenvalue weighted by atomic mass is 9.93. The second kappa shape index (κ2) is 12.2. The maximum Gasteiger partial charge on any atom is 0.266 e. The molecule has 0 amide bonds. The maximum atomic E-state index is 11.5. The summed E-state index contributed by atoms with van der Waals surface area (Å²) >= 11 is 0. The van der Waals surface area contributed by atoms with Crippen LogP contribution in [0.1, 0.15) is 51.9 Å². The van der Waals surface area contributed by atoms with Crippen LogP contribution in [0, 0.1) is 0 Å². The molecule has 32 heavy (non-hydrogen) atoms. The van der Waals surface area contributed by atoms with Crippen molar-refractivity contribution in [3.8, 4) is 5.88 Å². The van der Waals surface area contributed by atoms with Crippen molar-refractivity contribution >= 4 is 0 Å². The SMILES string of the molecule is C=C/C=C(\CC(C)NNC1CCC(Oc2ccc(=O)n(C)n2)CC1)OC1CCN(C)CC1. The summed E-state index contributed by atoms with van der Waals surface area (Å²) in [6.45, 7) is 8.19. The van der Waals surface area contributed by atoms with E-state index in [-0.39, 0.29) is 17.7 Å². The molecule has 8 nitrogen and oxygen atoms in total. The van der Waals surface area contributed by atoms with Gasteiger partial charge in [-0.1, -0.05) is 12.7 Å². The Morgan fingerprint density at radius 1 is 1.19 bits per heavy atom. The van der Waals surface area contributed by atoms with Crippen LogP contribution in [-0.4, -0.2) is 59.1 Å². The molecule has 2 aliphatic rings. The lowest BCUT2D eigenvalue weighted by Gasteiger charge is -2.32. The molecule has 2 fully saturated rings. The number of rotatable bonds is 10. The zero-order valence-corrected chi connectivity index (χ0v) is 19.8. The zero-order chi connectivity index (χ0) is 22.9. The quantitative estimate of drug-likeness (QED) is 0.325. The Hall–Kier alpha value is -2.16. The number of hydrazine groups is 1. The van der Waals surface area contributed by atoms with Gasteiger partial charge in [0, 0.05) is 50.8 Å². The van der Waals surface area contributed by atoms with E-state index < -0.39 is 0 Å². The third-order valence-electron chi connectivity index (χ3n) is 6.23. The van der Waals surface area contributed by atoms with Crippen LogP contribution in [0.5, 0.6) is 5.88 Å². The van der Waals surface area contributed by atoms with E-state index in [1.165, 1.54) is 10.7 Å². The monoisotopic (exact) mass is 445 g/mol. The molecule has 1 saturated carbocycles. The van der Waals surface area contributed by atoms with Gasteiger partial charge in [0.25, 0.3) is 5.56 Å². The van der Waals surface area contributed by atoms with E-state index >= 15 is 0 Å². The Morgan fingerprint density at radius 2 is 1.91 bits per heavy atom. The van der Waals surface area contributed by atoms with Gasteiger partial charge in [-0.2, -0.15) is 0 Å². The van der Waals surface area contributed by atoms with Gasteiger partial charge >= 0.3 is 0 Å². The molecule has 1 aromatic heterocycles. The van der Waals surface area contributed by atoms with Crippen LogP contribution in [0.25, 0.3) is 0 Å². The Kier molecular flexibility index (Phi) is 9.32. The third-order valence-corrected chi connectivity index (χ3v) is 6.23. The van der Waals surface area contributed by atoms with Gasteiger partial charge in [-0.05, 0) is 58.6 Å². The average Bonchev–Trinajstić information content (AvgIpc) is 2.77. The van der Waals surface area contributed by atoms with Gasteiger partial charge in [0.15, 0.2) is 0 Å². The zero-order valence-electron chi connectivity index (χ0n) is 19.8. The molecule has 1 aliphatic heterocycles. The fourth-order valence-corrected chi connectivity index (χ4v) is 4.26. The predicted octanol–water partition coefficient (Wildman–Crippen LogP) is 2.52. The van der Waals surface area contributed by atoms with Gasteiger partial charge in [-0.25, -0.2) is 4.68 Å². The van der Waals surface area contributed by atoms with Crippen LogP contribution >= 0.6 is 0 Å². The van der Waals surface area contributed by atoms with E-state index in [1.54, 1.807) is 13.1 Å². The maximum absolute atomic E-state index is 11.5. The molecule has 1 aromatic rings. The van der Waals surface area contributed by atoms with Crippen LogP contribution in [0.2, 0.25) is 0 Å². The van der Waals surface area contributed by atoms with Crippen molar-refractivity contribution in [3.05, 3.63) is 47.0 Å². The second-order valence-corrected chi connectivity index (χ2v) is 9.11. The van der Waals surface area contributed by atoms with E-state index in [4.69, 9.17) is 9.47 Å². The van der Waals surface area contributed by atoms with Crippen molar-refractivity contribution in [1.82, 2.24) is 25.5 Å². The molecule has 8 heteroatoms. The predicted molar refractivity (Wildman–Crippen MR) is 126 cm³/mol. The summed E-state index contributed by atoms with van der Waals surface area (Å²) in [5.74, 6) is 1.51. The summed E-state index contributed by atoms with van der Waals surface area (Å²) < 4.78 is 13.6. The highest BCUT2D eigenvalue weighted by molar-refractivity contribution is 5.07. The molecule has 0 bridgehead atoms. The number of ether oxygens (including phenoxy) is 2. The fourth-order valence-electron chi connectivity index (χ4n) is 4.26. The van der Waals surface area contributed by atoms with E-state index in [0.717, 1.165) is 63.8 Å². The number of nitrogens with one attached hydrogen (secondary N) is 2. The molecule has 1 atom stereocenters. The Balaban J connectivity index is 1.36. The standard InChI is InChI=1S/C24H39N5O3/c1-5-6-22(31-21-13-15-28(3)16-14-21)17-18(2)25-26-19-7-9-20(10-8-19)32-23-11-12-24(30)29(4)27-23/h5-6,11-12,18-21,25-26H,1,7-10,13-17H2,2-4H3/b22-6+. The highest BCUT2D eigenvalue weighted by atomic mass is 16.5. The molecule has 1 aliphatic carbocycles. The highest BCUT2D eigenvalue weighted by Gasteiger charge is 2.24.